The minimum atomic E-state index is -3.90. The fourth-order valence-electron chi connectivity index (χ4n) is 2.06. The van der Waals surface area contributed by atoms with Crippen molar-refractivity contribution in [3.05, 3.63) is 66.2 Å². The Morgan fingerprint density at radius 2 is 1.52 bits per heavy atom. The van der Waals surface area contributed by atoms with Gasteiger partial charge in [-0.05, 0) is 18.1 Å². The molecule has 0 fully saturated rings. The molecule has 0 aliphatic rings. The van der Waals surface area contributed by atoms with E-state index in [4.69, 9.17) is 0 Å². The topological polar surface area (TPSA) is 87.6 Å². The largest absolute Gasteiger partial charge is 0.284 e. The molecule has 25 heavy (non-hydrogen) atoms. The van der Waals surface area contributed by atoms with Crippen molar-refractivity contribution < 1.29 is 13.2 Å². The molecule has 2 aromatic carbocycles. The highest BCUT2D eigenvalue weighted by atomic mass is 32.2. The molecular formula is C18H21N3O3S. The van der Waals surface area contributed by atoms with E-state index in [9.17, 15) is 13.2 Å². The van der Waals surface area contributed by atoms with Gasteiger partial charge in [-0.25, -0.2) is 0 Å². The summed E-state index contributed by atoms with van der Waals surface area (Å²) in [5, 5.41) is 0. The molecule has 2 rings (SSSR count). The van der Waals surface area contributed by atoms with E-state index in [-0.39, 0.29) is 22.6 Å². The highest BCUT2D eigenvalue weighted by Crippen LogP contribution is 2.13. The average Bonchev–Trinajstić information content (AvgIpc) is 2.59. The highest BCUT2D eigenvalue weighted by molar-refractivity contribution is 7.90. The van der Waals surface area contributed by atoms with Crippen molar-refractivity contribution in [1.29, 1.82) is 0 Å². The molecule has 0 bridgehead atoms. The number of amidine groups is 1. The zero-order chi connectivity index (χ0) is 18.3. The van der Waals surface area contributed by atoms with Crippen molar-refractivity contribution in [3.63, 3.8) is 0 Å². The first-order chi connectivity index (χ1) is 11.9. The van der Waals surface area contributed by atoms with Gasteiger partial charge in [0.25, 0.3) is 10.0 Å². The number of carbonyl (C=O) groups excluding carboxylic acids is 1. The summed E-state index contributed by atoms with van der Waals surface area (Å²) in [6.07, 6.45) is 0.320. The third-order valence-electron chi connectivity index (χ3n) is 3.21. The third kappa shape index (κ3) is 5.72. The van der Waals surface area contributed by atoms with E-state index in [0.29, 0.717) is 12.0 Å². The molecule has 0 heterocycles. The van der Waals surface area contributed by atoms with Gasteiger partial charge in [0.1, 0.15) is 0 Å². The van der Waals surface area contributed by atoms with Crippen molar-refractivity contribution >= 4 is 21.8 Å². The Hall–Kier alpha value is -2.67. The summed E-state index contributed by atoms with van der Waals surface area (Å²) in [6.45, 7) is 3.84. The summed E-state index contributed by atoms with van der Waals surface area (Å²) in [4.78, 5) is 11.9. The first kappa shape index (κ1) is 18.7. The van der Waals surface area contributed by atoms with Gasteiger partial charge in [0.15, 0.2) is 5.84 Å². The van der Waals surface area contributed by atoms with Crippen LogP contribution in [0.3, 0.4) is 0 Å². The lowest BCUT2D eigenvalue weighted by molar-refractivity contribution is -0.122. The van der Waals surface area contributed by atoms with Gasteiger partial charge in [0, 0.05) is 12.0 Å². The molecule has 2 N–H and O–H groups in total. The minimum Gasteiger partial charge on any atom is -0.281 e. The van der Waals surface area contributed by atoms with Crippen molar-refractivity contribution in [1.82, 2.24) is 10.9 Å². The Morgan fingerprint density at radius 1 is 0.960 bits per heavy atom. The van der Waals surface area contributed by atoms with Crippen LogP contribution in [0, 0.1) is 5.92 Å². The van der Waals surface area contributed by atoms with Crippen molar-refractivity contribution in [3.8, 4) is 0 Å². The monoisotopic (exact) mass is 359 g/mol. The predicted octanol–water partition coefficient (Wildman–Crippen LogP) is 2.49. The number of nitrogens with one attached hydrogen (secondary N) is 2. The average molecular weight is 359 g/mol. The fraction of sp³-hybridized carbons (Fsp3) is 0.222. The van der Waals surface area contributed by atoms with Crippen LogP contribution in [-0.2, 0) is 14.8 Å². The van der Waals surface area contributed by atoms with Crippen LogP contribution < -0.4 is 10.9 Å². The molecule has 0 radical (unpaired) electrons. The summed E-state index contributed by atoms with van der Waals surface area (Å²) >= 11 is 0. The molecule has 0 atom stereocenters. The van der Waals surface area contributed by atoms with Gasteiger partial charge in [-0.3, -0.25) is 15.6 Å². The maximum Gasteiger partial charge on any atom is 0.284 e. The molecule has 1 amide bonds. The highest BCUT2D eigenvalue weighted by Gasteiger charge is 2.16. The number of rotatable bonds is 5. The molecule has 6 nitrogen and oxygen atoms in total. The van der Waals surface area contributed by atoms with Gasteiger partial charge in [-0.1, -0.05) is 62.4 Å². The lowest BCUT2D eigenvalue weighted by Crippen LogP contribution is -2.42. The number of sulfonamides is 1. The fourth-order valence-corrected chi connectivity index (χ4v) is 3.06. The summed E-state index contributed by atoms with van der Waals surface area (Å²) < 4.78 is 28.9. The van der Waals surface area contributed by atoms with Gasteiger partial charge in [0.2, 0.25) is 5.91 Å². The Morgan fingerprint density at radius 3 is 2.08 bits per heavy atom. The van der Waals surface area contributed by atoms with Crippen LogP contribution in [0.1, 0.15) is 25.8 Å². The van der Waals surface area contributed by atoms with Crippen LogP contribution in [0.5, 0.6) is 0 Å². The van der Waals surface area contributed by atoms with Crippen LogP contribution in [0.2, 0.25) is 0 Å². The first-order valence-electron chi connectivity index (χ1n) is 7.89. The quantitative estimate of drug-likeness (QED) is 0.488. The van der Waals surface area contributed by atoms with Crippen molar-refractivity contribution in [2.24, 2.45) is 10.3 Å². The molecule has 2 aromatic rings. The van der Waals surface area contributed by atoms with Crippen LogP contribution in [0.15, 0.2) is 70.0 Å². The molecule has 0 saturated carbocycles. The summed E-state index contributed by atoms with van der Waals surface area (Å²) in [5.41, 5.74) is 5.69. The Balaban J connectivity index is 2.30. The van der Waals surface area contributed by atoms with E-state index in [1.165, 1.54) is 12.1 Å². The first-order valence-corrected chi connectivity index (χ1v) is 9.33. The summed E-state index contributed by atoms with van der Waals surface area (Å²) in [6, 6.07) is 16.7. The van der Waals surface area contributed by atoms with E-state index < -0.39 is 10.0 Å². The van der Waals surface area contributed by atoms with E-state index in [1.54, 1.807) is 42.5 Å². The third-order valence-corrected chi connectivity index (χ3v) is 4.50. The Bertz CT molecular complexity index is 832. The SMILES string of the molecule is CC(C)CC(=O)NNC(=NS(=O)(=O)c1ccccc1)c1ccccc1. The zero-order valence-corrected chi connectivity index (χ0v) is 15.0. The number of hydrogen-bond acceptors (Lipinski definition) is 3. The number of hydrogen-bond donors (Lipinski definition) is 2. The van der Waals surface area contributed by atoms with Gasteiger partial charge in [-0.2, -0.15) is 8.42 Å². The molecule has 0 aromatic heterocycles. The molecular weight excluding hydrogens is 338 g/mol. The molecule has 132 valence electrons. The van der Waals surface area contributed by atoms with Gasteiger partial charge < -0.3 is 0 Å². The number of nitrogens with zero attached hydrogens (tertiary/aromatic N) is 1. The minimum absolute atomic E-state index is 0.0570. The molecule has 7 heteroatoms. The van der Waals surface area contributed by atoms with Crippen molar-refractivity contribution in [2.45, 2.75) is 25.2 Å². The molecule has 0 unspecified atom stereocenters. The smallest absolute Gasteiger partial charge is 0.281 e. The second-order valence-corrected chi connectivity index (χ2v) is 7.47. The zero-order valence-electron chi connectivity index (χ0n) is 14.1. The lowest BCUT2D eigenvalue weighted by Gasteiger charge is -2.12. The summed E-state index contributed by atoms with van der Waals surface area (Å²) in [5.74, 6) is 0.00395. The van der Waals surface area contributed by atoms with Crippen LogP contribution in [0.25, 0.3) is 0 Å². The predicted molar refractivity (Wildman–Crippen MR) is 97.3 cm³/mol. The van der Waals surface area contributed by atoms with E-state index in [1.807, 2.05) is 19.9 Å². The van der Waals surface area contributed by atoms with E-state index in [2.05, 4.69) is 15.2 Å². The second-order valence-electron chi connectivity index (χ2n) is 5.87. The van der Waals surface area contributed by atoms with Crippen LogP contribution in [-0.4, -0.2) is 20.2 Å². The summed E-state index contributed by atoms with van der Waals surface area (Å²) in [7, 11) is -3.90. The van der Waals surface area contributed by atoms with Gasteiger partial charge in [0.05, 0.1) is 4.90 Å². The number of carbonyl (C=O) groups is 1. The van der Waals surface area contributed by atoms with E-state index in [0.717, 1.165) is 0 Å². The van der Waals surface area contributed by atoms with Gasteiger partial charge >= 0.3 is 0 Å². The number of amides is 1. The molecule has 0 spiro atoms. The Kier molecular flexibility index (Phi) is 6.30. The van der Waals surface area contributed by atoms with Gasteiger partial charge in [-0.15, -0.1) is 4.40 Å². The number of hydrazine groups is 1. The Labute approximate surface area is 148 Å². The lowest BCUT2D eigenvalue weighted by atomic mass is 10.1. The molecule has 0 saturated heterocycles. The van der Waals surface area contributed by atoms with E-state index >= 15 is 0 Å². The maximum absolute atomic E-state index is 12.5. The number of benzene rings is 2. The maximum atomic E-state index is 12.5. The normalized spacial score (nSPS) is 12.0. The molecule has 0 aliphatic carbocycles. The second kappa shape index (κ2) is 8.43. The van der Waals surface area contributed by atoms with Crippen molar-refractivity contribution in [2.75, 3.05) is 0 Å². The van der Waals surface area contributed by atoms with Crippen LogP contribution in [0.4, 0.5) is 0 Å². The van der Waals surface area contributed by atoms with Crippen LogP contribution >= 0.6 is 0 Å². The standard InChI is InChI=1S/C18H21N3O3S/c1-14(2)13-17(22)19-20-18(15-9-5-3-6-10-15)21-25(23,24)16-11-7-4-8-12-16/h3-12,14H,13H2,1-2H3,(H,19,22)(H,20,21). The molecule has 0 aliphatic heterocycles.